The number of benzene rings is 2. The molecule has 0 radical (unpaired) electrons. The van der Waals surface area contributed by atoms with Crippen LogP contribution >= 0.6 is 0 Å². The summed E-state index contributed by atoms with van der Waals surface area (Å²) < 4.78 is 25.4. The van der Waals surface area contributed by atoms with E-state index in [-0.39, 0.29) is 18.8 Å². The Bertz CT molecular complexity index is 960. The van der Waals surface area contributed by atoms with E-state index in [0.717, 1.165) is 15.3 Å². The first-order valence-corrected chi connectivity index (χ1v) is 10.2. The van der Waals surface area contributed by atoms with Crippen molar-refractivity contribution >= 4 is 33.4 Å². The molecule has 0 fully saturated rings. The first kappa shape index (κ1) is 22.1. The molecule has 0 aliphatic rings. The number of rotatable bonds is 10. The summed E-state index contributed by atoms with van der Waals surface area (Å²) in [5, 5.41) is 17.3. The van der Waals surface area contributed by atoms with E-state index in [4.69, 9.17) is 0 Å². The van der Waals surface area contributed by atoms with Gasteiger partial charge >= 0.3 is 0 Å². The third-order valence-electron chi connectivity index (χ3n) is 3.89. The second kappa shape index (κ2) is 10.3. The fourth-order valence-electron chi connectivity index (χ4n) is 2.29. The highest BCUT2D eigenvalue weighted by atomic mass is 32.2. The second-order valence-electron chi connectivity index (χ2n) is 6.10. The van der Waals surface area contributed by atoms with Crippen LogP contribution in [0.4, 0.5) is 11.4 Å². The summed E-state index contributed by atoms with van der Waals surface area (Å²) in [6, 6.07) is 14.9. The van der Waals surface area contributed by atoms with Crippen LogP contribution in [0.25, 0.3) is 6.08 Å². The minimum absolute atomic E-state index is 0.00517. The SMILES string of the molecule is CN(CC(=O)NCCNc1ccc([N+](=O)[O-])cc1)S(=O)(=O)/C=C/c1ccccc1. The van der Waals surface area contributed by atoms with Crippen molar-refractivity contribution in [1.29, 1.82) is 0 Å². The van der Waals surface area contributed by atoms with Gasteiger partial charge in [-0.05, 0) is 23.8 Å². The summed E-state index contributed by atoms with van der Waals surface area (Å²) in [5.74, 6) is -0.435. The summed E-state index contributed by atoms with van der Waals surface area (Å²) in [6.07, 6.45) is 1.47. The van der Waals surface area contributed by atoms with Crippen LogP contribution in [0.15, 0.2) is 60.0 Å². The van der Waals surface area contributed by atoms with Gasteiger partial charge in [-0.25, -0.2) is 8.42 Å². The van der Waals surface area contributed by atoms with Crippen molar-refractivity contribution in [2.45, 2.75) is 0 Å². The lowest BCUT2D eigenvalue weighted by Gasteiger charge is -2.14. The molecule has 9 nitrogen and oxygen atoms in total. The van der Waals surface area contributed by atoms with Crippen molar-refractivity contribution in [3.05, 3.63) is 75.7 Å². The second-order valence-corrected chi connectivity index (χ2v) is 8.02. The molecule has 2 aromatic carbocycles. The average molecular weight is 418 g/mol. The molecule has 2 N–H and O–H groups in total. The molecule has 0 aromatic heterocycles. The van der Waals surface area contributed by atoms with Gasteiger partial charge in [0.1, 0.15) is 0 Å². The van der Waals surface area contributed by atoms with E-state index in [1.807, 2.05) is 6.07 Å². The van der Waals surface area contributed by atoms with Crippen LogP contribution in [0.1, 0.15) is 5.56 Å². The number of sulfonamides is 1. The lowest BCUT2D eigenvalue weighted by Crippen LogP contribution is -2.39. The number of carbonyl (C=O) groups excluding carboxylic acids is 1. The number of anilines is 1. The molecule has 0 unspecified atom stereocenters. The lowest BCUT2D eigenvalue weighted by atomic mass is 10.2. The molecule has 0 aliphatic carbocycles. The summed E-state index contributed by atoms with van der Waals surface area (Å²) in [4.78, 5) is 22.1. The third-order valence-corrected chi connectivity index (χ3v) is 5.37. The third kappa shape index (κ3) is 7.35. The molecule has 0 saturated heterocycles. The van der Waals surface area contributed by atoms with Crippen molar-refractivity contribution in [1.82, 2.24) is 9.62 Å². The number of likely N-dealkylation sites (N-methyl/N-ethyl adjacent to an activating group) is 1. The standard InChI is InChI=1S/C19H22N4O5S/c1-22(29(27,28)14-11-16-5-3-2-4-6-16)15-19(24)21-13-12-20-17-7-9-18(10-8-17)23(25)26/h2-11,14,20H,12-13,15H2,1H3,(H,21,24)/b14-11+. The molecule has 0 atom stereocenters. The monoisotopic (exact) mass is 418 g/mol. The van der Waals surface area contributed by atoms with E-state index < -0.39 is 20.9 Å². The Labute approximate surface area is 169 Å². The predicted octanol–water partition coefficient (Wildman–Crippen LogP) is 2.06. The van der Waals surface area contributed by atoms with Gasteiger partial charge in [-0.3, -0.25) is 14.9 Å². The number of amides is 1. The molecule has 1 amide bonds. The molecule has 154 valence electrons. The summed E-state index contributed by atoms with van der Waals surface area (Å²) >= 11 is 0. The van der Waals surface area contributed by atoms with E-state index in [1.54, 1.807) is 36.4 Å². The minimum Gasteiger partial charge on any atom is -0.383 e. The summed E-state index contributed by atoms with van der Waals surface area (Å²) in [6.45, 7) is 0.344. The normalized spacial score (nSPS) is 11.5. The van der Waals surface area contributed by atoms with E-state index in [0.29, 0.717) is 12.2 Å². The van der Waals surface area contributed by atoms with E-state index in [9.17, 15) is 23.3 Å². The maximum absolute atomic E-state index is 12.2. The van der Waals surface area contributed by atoms with Crippen LogP contribution in [0, 0.1) is 10.1 Å². The maximum Gasteiger partial charge on any atom is 0.269 e. The number of hydrogen-bond acceptors (Lipinski definition) is 6. The smallest absolute Gasteiger partial charge is 0.269 e. The number of nitro groups is 1. The molecular formula is C19H22N4O5S. The Morgan fingerprint density at radius 1 is 1.10 bits per heavy atom. The Hall–Kier alpha value is -3.24. The number of nitrogens with zero attached hydrogens (tertiary/aromatic N) is 2. The van der Waals surface area contributed by atoms with Gasteiger partial charge in [0, 0.05) is 43.4 Å². The van der Waals surface area contributed by atoms with Crippen molar-refractivity contribution in [3.8, 4) is 0 Å². The fourth-order valence-corrected chi connectivity index (χ4v) is 3.12. The van der Waals surface area contributed by atoms with Crippen LogP contribution in [-0.2, 0) is 14.8 Å². The fraction of sp³-hybridized carbons (Fsp3) is 0.211. The molecular weight excluding hydrogens is 396 g/mol. The van der Waals surface area contributed by atoms with Gasteiger partial charge in [-0.15, -0.1) is 0 Å². The van der Waals surface area contributed by atoms with E-state index >= 15 is 0 Å². The number of nitrogens with one attached hydrogen (secondary N) is 2. The average Bonchev–Trinajstić information content (AvgIpc) is 2.71. The van der Waals surface area contributed by atoms with Crippen molar-refractivity contribution < 1.29 is 18.1 Å². The number of hydrogen-bond donors (Lipinski definition) is 2. The summed E-state index contributed by atoms with van der Waals surface area (Å²) in [5.41, 5.74) is 1.41. The molecule has 10 heteroatoms. The van der Waals surface area contributed by atoms with Gasteiger partial charge in [-0.2, -0.15) is 4.31 Å². The Balaban J connectivity index is 1.75. The van der Waals surface area contributed by atoms with Gasteiger partial charge in [0.15, 0.2) is 0 Å². The Morgan fingerprint density at radius 2 is 1.76 bits per heavy atom. The largest absolute Gasteiger partial charge is 0.383 e. The van der Waals surface area contributed by atoms with E-state index in [1.165, 1.54) is 25.3 Å². The van der Waals surface area contributed by atoms with Gasteiger partial charge in [0.05, 0.1) is 11.5 Å². The Morgan fingerprint density at radius 3 is 2.38 bits per heavy atom. The molecule has 0 spiro atoms. The number of non-ortho nitro benzene ring substituents is 1. The molecule has 0 saturated carbocycles. The molecule has 0 heterocycles. The van der Waals surface area contributed by atoms with Crippen molar-refractivity contribution in [3.63, 3.8) is 0 Å². The van der Waals surface area contributed by atoms with Crippen LogP contribution < -0.4 is 10.6 Å². The van der Waals surface area contributed by atoms with Crippen LogP contribution in [0.2, 0.25) is 0 Å². The molecule has 0 bridgehead atoms. The zero-order chi connectivity index (χ0) is 21.3. The highest BCUT2D eigenvalue weighted by Gasteiger charge is 2.17. The van der Waals surface area contributed by atoms with Crippen molar-refractivity contribution in [2.24, 2.45) is 0 Å². The molecule has 2 rings (SSSR count). The number of carbonyl (C=O) groups is 1. The Kier molecular flexibility index (Phi) is 7.87. The quantitative estimate of drug-likeness (QED) is 0.346. The first-order chi connectivity index (χ1) is 13.8. The maximum atomic E-state index is 12.2. The van der Waals surface area contributed by atoms with Crippen molar-refractivity contribution in [2.75, 3.05) is 32.0 Å². The minimum atomic E-state index is -3.72. The predicted molar refractivity (Wildman–Crippen MR) is 112 cm³/mol. The lowest BCUT2D eigenvalue weighted by molar-refractivity contribution is -0.384. The number of nitro benzene ring substituents is 1. The first-order valence-electron chi connectivity index (χ1n) is 8.72. The topological polar surface area (TPSA) is 122 Å². The zero-order valence-corrected chi connectivity index (χ0v) is 16.6. The van der Waals surface area contributed by atoms with Crippen LogP contribution in [0.5, 0.6) is 0 Å². The highest BCUT2D eigenvalue weighted by Crippen LogP contribution is 2.14. The zero-order valence-electron chi connectivity index (χ0n) is 15.8. The molecule has 29 heavy (non-hydrogen) atoms. The summed E-state index contributed by atoms with van der Waals surface area (Å²) in [7, 11) is -2.38. The van der Waals surface area contributed by atoms with E-state index in [2.05, 4.69) is 10.6 Å². The van der Waals surface area contributed by atoms with Gasteiger partial charge in [-0.1, -0.05) is 30.3 Å². The molecule has 2 aromatic rings. The highest BCUT2D eigenvalue weighted by molar-refractivity contribution is 7.92. The van der Waals surface area contributed by atoms with Crippen LogP contribution in [0.3, 0.4) is 0 Å². The molecule has 0 aliphatic heterocycles. The van der Waals surface area contributed by atoms with Gasteiger partial charge < -0.3 is 10.6 Å². The van der Waals surface area contributed by atoms with Gasteiger partial charge in [0.25, 0.3) is 5.69 Å². The van der Waals surface area contributed by atoms with Gasteiger partial charge in [0.2, 0.25) is 15.9 Å². The van der Waals surface area contributed by atoms with Crippen LogP contribution in [-0.4, -0.2) is 50.2 Å².